The fourth-order valence-corrected chi connectivity index (χ4v) is 4.28. The Morgan fingerprint density at radius 1 is 0.794 bits per heavy atom. The van der Waals surface area contributed by atoms with Crippen molar-refractivity contribution in [2.45, 2.75) is 124 Å². The fraction of sp³-hybridized carbons (Fsp3) is 0.679. The van der Waals surface area contributed by atoms with Gasteiger partial charge in [0.1, 0.15) is 0 Å². The minimum absolute atomic E-state index is 0.142. The van der Waals surface area contributed by atoms with Gasteiger partial charge in [0.25, 0.3) is 0 Å². The number of unbranched alkanes of at least 4 members (excludes halogenated alkanes) is 10. The average Bonchev–Trinajstić information content (AvgIpc) is 3.24. The number of aryl methyl sites for hydroxylation is 1. The SMILES string of the molecule is CCCCCCCCCCCCCc1nnc(NC(=O)Nc2c(C(C)C)cccc2C(C)C)o1. The second-order valence-corrected chi connectivity index (χ2v) is 9.99. The Labute approximate surface area is 206 Å². The lowest BCUT2D eigenvalue weighted by Crippen LogP contribution is -2.22. The van der Waals surface area contributed by atoms with Gasteiger partial charge in [0.2, 0.25) is 5.89 Å². The average molecular weight is 471 g/mol. The third kappa shape index (κ3) is 9.86. The van der Waals surface area contributed by atoms with Crippen LogP contribution >= 0.6 is 0 Å². The van der Waals surface area contributed by atoms with Gasteiger partial charge >= 0.3 is 12.0 Å². The Morgan fingerprint density at radius 2 is 1.32 bits per heavy atom. The van der Waals surface area contributed by atoms with Crippen molar-refractivity contribution in [1.29, 1.82) is 0 Å². The van der Waals surface area contributed by atoms with E-state index in [4.69, 9.17) is 4.42 Å². The molecular formula is C28H46N4O2. The summed E-state index contributed by atoms with van der Waals surface area (Å²) in [5.41, 5.74) is 3.10. The predicted molar refractivity (Wildman–Crippen MR) is 142 cm³/mol. The summed E-state index contributed by atoms with van der Waals surface area (Å²) in [7, 11) is 0. The molecule has 0 spiro atoms. The van der Waals surface area contributed by atoms with Crippen LogP contribution in [-0.4, -0.2) is 16.2 Å². The minimum atomic E-state index is -0.361. The number of anilines is 2. The van der Waals surface area contributed by atoms with Crippen molar-refractivity contribution < 1.29 is 9.21 Å². The van der Waals surface area contributed by atoms with Gasteiger partial charge in [-0.25, -0.2) is 4.79 Å². The number of hydrogen-bond acceptors (Lipinski definition) is 4. The molecule has 2 amide bonds. The van der Waals surface area contributed by atoms with Crippen LogP contribution in [0.15, 0.2) is 22.6 Å². The van der Waals surface area contributed by atoms with E-state index in [2.05, 4.69) is 67.6 Å². The highest BCUT2D eigenvalue weighted by molar-refractivity contribution is 5.99. The van der Waals surface area contributed by atoms with Crippen LogP contribution in [0, 0.1) is 0 Å². The summed E-state index contributed by atoms with van der Waals surface area (Å²) < 4.78 is 5.65. The predicted octanol–water partition coefficient (Wildman–Crippen LogP) is 8.81. The van der Waals surface area contributed by atoms with E-state index in [9.17, 15) is 4.79 Å². The summed E-state index contributed by atoms with van der Waals surface area (Å²) in [6.07, 6.45) is 15.1. The van der Waals surface area contributed by atoms with Crippen molar-refractivity contribution in [3.8, 4) is 0 Å². The molecule has 0 radical (unpaired) electrons. The Bertz CT molecular complexity index is 818. The molecule has 0 saturated heterocycles. The van der Waals surface area contributed by atoms with Gasteiger partial charge in [-0.15, -0.1) is 5.10 Å². The maximum absolute atomic E-state index is 12.6. The summed E-state index contributed by atoms with van der Waals surface area (Å²) >= 11 is 0. The lowest BCUT2D eigenvalue weighted by Gasteiger charge is -2.19. The number of aromatic nitrogens is 2. The van der Waals surface area contributed by atoms with Gasteiger partial charge in [0, 0.05) is 12.1 Å². The minimum Gasteiger partial charge on any atom is -0.408 e. The number of hydrogen-bond donors (Lipinski definition) is 2. The molecule has 1 aromatic carbocycles. The Kier molecular flexibility index (Phi) is 12.7. The van der Waals surface area contributed by atoms with Crippen LogP contribution in [0.2, 0.25) is 0 Å². The number of para-hydroxylation sites is 1. The first-order valence-electron chi connectivity index (χ1n) is 13.5. The molecule has 0 saturated carbocycles. The molecule has 6 heteroatoms. The van der Waals surface area contributed by atoms with Crippen molar-refractivity contribution in [2.75, 3.05) is 10.6 Å². The third-order valence-corrected chi connectivity index (χ3v) is 6.29. The highest BCUT2D eigenvalue weighted by Gasteiger charge is 2.17. The molecule has 0 aliphatic rings. The van der Waals surface area contributed by atoms with Crippen LogP contribution in [-0.2, 0) is 6.42 Å². The molecule has 0 aliphatic heterocycles. The summed E-state index contributed by atoms with van der Waals surface area (Å²) in [6.45, 7) is 10.8. The van der Waals surface area contributed by atoms with E-state index in [0.29, 0.717) is 17.7 Å². The normalized spacial score (nSPS) is 11.4. The van der Waals surface area contributed by atoms with E-state index >= 15 is 0 Å². The molecule has 1 aromatic heterocycles. The highest BCUT2D eigenvalue weighted by atomic mass is 16.4. The van der Waals surface area contributed by atoms with E-state index in [-0.39, 0.29) is 12.0 Å². The smallest absolute Gasteiger partial charge is 0.327 e. The molecule has 0 aliphatic carbocycles. The van der Waals surface area contributed by atoms with Crippen LogP contribution in [0.5, 0.6) is 0 Å². The number of benzene rings is 1. The Morgan fingerprint density at radius 3 is 1.85 bits per heavy atom. The van der Waals surface area contributed by atoms with Crippen LogP contribution in [0.3, 0.4) is 0 Å². The maximum Gasteiger partial charge on any atom is 0.327 e. The van der Waals surface area contributed by atoms with E-state index in [1.54, 1.807) is 0 Å². The third-order valence-electron chi connectivity index (χ3n) is 6.29. The summed E-state index contributed by atoms with van der Waals surface area (Å²) in [4.78, 5) is 12.6. The van der Waals surface area contributed by atoms with Gasteiger partial charge in [-0.05, 0) is 29.4 Å². The first kappa shape index (κ1) is 27.9. The van der Waals surface area contributed by atoms with Crippen molar-refractivity contribution in [1.82, 2.24) is 10.2 Å². The standard InChI is InChI=1S/C28H46N4O2/c1-6-7-8-9-10-11-12-13-14-15-16-20-25-31-32-28(34-25)30-27(33)29-26-23(21(2)3)18-17-19-24(26)22(4)5/h17-19,21-22H,6-16,20H2,1-5H3,(H2,29,30,32,33). The molecule has 0 atom stereocenters. The zero-order valence-corrected chi connectivity index (χ0v) is 22.1. The lowest BCUT2D eigenvalue weighted by atomic mass is 9.93. The summed E-state index contributed by atoms with van der Waals surface area (Å²) in [5, 5.41) is 13.8. The largest absolute Gasteiger partial charge is 0.408 e. The monoisotopic (exact) mass is 470 g/mol. The van der Waals surface area contributed by atoms with Crippen LogP contribution in [0.25, 0.3) is 0 Å². The van der Waals surface area contributed by atoms with E-state index in [1.165, 1.54) is 64.2 Å². The van der Waals surface area contributed by atoms with E-state index < -0.39 is 0 Å². The molecule has 34 heavy (non-hydrogen) atoms. The quantitative estimate of drug-likeness (QED) is 0.240. The van der Waals surface area contributed by atoms with E-state index in [0.717, 1.165) is 29.7 Å². The molecule has 0 bridgehead atoms. The van der Waals surface area contributed by atoms with Gasteiger partial charge in [-0.3, -0.25) is 5.32 Å². The molecule has 2 N–H and O–H groups in total. The zero-order valence-electron chi connectivity index (χ0n) is 22.1. The number of amides is 2. The van der Waals surface area contributed by atoms with E-state index in [1.807, 2.05) is 6.07 Å². The Hall–Kier alpha value is -2.37. The lowest BCUT2D eigenvalue weighted by molar-refractivity contribution is 0.261. The molecule has 0 unspecified atom stereocenters. The molecule has 190 valence electrons. The molecule has 1 heterocycles. The zero-order chi connectivity index (χ0) is 24.8. The van der Waals surface area contributed by atoms with Crippen LogP contribution in [0.1, 0.15) is 134 Å². The number of urea groups is 1. The van der Waals surface area contributed by atoms with Crippen molar-refractivity contribution >= 4 is 17.7 Å². The molecule has 2 aromatic rings. The van der Waals surface area contributed by atoms with Gasteiger partial charge in [-0.2, -0.15) is 0 Å². The van der Waals surface area contributed by atoms with Gasteiger partial charge < -0.3 is 9.73 Å². The Balaban J connectivity index is 1.71. The van der Waals surface area contributed by atoms with Crippen molar-refractivity contribution in [3.63, 3.8) is 0 Å². The first-order valence-corrected chi connectivity index (χ1v) is 13.5. The molecular weight excluding hydrogens is 424 g/mol. The summed E-state index contributed by atoms with van der Waals surface area (Å²) in [6, 6.07) is 5.95. The number of nitrogens with one attached hydrogen (secondary N) is 2. The molecule has 0 fully saturated rings. The molecule has 6 nitrogen and oxygen atoms in total. The van der Waals surface area contributed by atoms with Gasteiger partial charge in [-0.1, -0.05) is 122 Å². The van der Waals surface area contributed by atoms with Crippen LogP contribution < -0.4 is 10.6 Å². The van der Waals surface area contributed by atoms with Crippen molar-refractivity contribution in [3.05, 3.63) is 35.2 Å². The summed E-state index contributed by atoms with van der Waals surface area (Å²) in [5.74, 6) is 1.18. The number of carbonyl (C=O) groups excluding carboxylic acids is 1. The van der Waals surface area contributed by atoms with Crippen LogP contribution in [0.4, 0.5) is 16.5 Å². The van der Waals surface area contributed by atoms with Gasteiger partial charge in [0.05, 0.1) is 0 Å². The van der Waals surface area contributed by atoms with Crippen molar-refractivity contribution in [2.24, 2.45) is 0 Å². The van der Waals surface area contributed by atoms with Gasteiger partial charge in [0.15, 0.2) is 0 Å². The number of nitrogens with zero attached hydrogens (tertiary/aromatic N) is 2. The maximum atomic E-state index is 12.6. The molecule has 2 rings (SSSR count). The second kappa shape index (κ2) is 15.5. The number of carbonyl (C=O) groups is 1. The topological polar surface area (TPSA) is 80.0 Å². The first-order chi connectivity index (χ1) is 16.4. The fourth-order valence-electron chi connectivity index (χ4n) is 4.28. The highest BCUT2D eigenvalue weighted by Crippen LogP contribution is 2.32. The second-order valence-electron chi connectivity index (χ2n) is 9.99. The number of rotatable bonds is 16.